The molecule has 0 fully saturated rings. The summed E-state index contributed by atoms with van der Waals surface area (Å²) in [5.41, 5.74) is 0.510. The van der Waals surface area contributed by atoms with E-state index in [2.05, 4.69) is 5.92 Å². The molecule has 0 aliphatic carbocycles. The van der Waals surface area contributed by atoms with E-state index in [4.69, 9.17) is 29.6 Å². The Labute approximate surface area is 99.1 Å². The van der Waals surface area contributed by atoms with Crippen molar-refractivity contribution in [2.45, 2.75) is 5.75 Å². The van der Waals surface area contributed by atoms with Crippen molar-refractivity contribution < 1.29 is 8.42 Å². The van der Waals surface area contributed by atoms with Crippen molar-refractivity contribution in [1.29, 1.82) is 0 Å². The van der Waals surface area contributed by atoms with Crippen LogP contribution in [0.2, 0.25) is 10.0 Å². The molecular weight excluding hydrogens is 255 g/mol. The molecule has 0 saturated carbocycles. The highest BCUT2D eigenvalue weighted by molar-refractivity contribution is 7.90. The van der Waals surface area contributed by atoms with Crippen LogP contribution in [0.5, 0.6) is 0 Å². The van der Waals surface area contributed by atoms with Crippen molar-refractivity contribution in [3.8, 4) is 12.3 Å². The summed E-state index contributed by atoms with van der Waals surface area (Å²) in [6, 6.07) is 4.68. The van der Waals surface area contributed by atoms with E-state index in [9.17, 15) is 8.42 Å². The standard InChI is InChI=1S/C10H8Cl2O2S/c1-2-5-15(13,14)7-8-3-4-9(11)6-10(8)12/h1,3-4,6H,5,7H2. The predicted octanol–water partition coefficient (Wildman–Crippen LogP) is 2.54. The lowest BCUT2D eigenvalue weighted by molar-refractivity contribution is 0.598. The van der Waals surface area contributed by atoms with Crippen LogP contribution in [0.4, 0.5) is 0 Å². The maximum atomic E-state index is 11.4. The third-order valence-corrected chi connectivity index (χ3v) is 3.64. The molecule has 1 aromatic rings. The van der Waals surface area contributed by atoms with Crippen LogP contribution in [-0.4, -0.2) is 14.2 Å². The summed E-state index contributed by atoms with van der Waals surface area (Å²) in [4.78, 5) is 0. The number of hydrogen-bond donors (Lipinski definition) is 0. The van der Waals surface area contributed by atoms with Crippen LogP contribution < -0.4 is 0 Å². The average Bonchev–Trinajstić information content (AvgIpc) is 2.09. The molecule has 0 spiro atoms. The van der Waals surface area contributed by atoms with Gasteiger partial charge in [0.2, 0.25) is 0 Å². The molecule has 0 amide bonds. The van der Waals surface area contributed by atoms with Gasteiger partial charge in [-0.2, -0.15) is 0 Å². The van der Waals surface area contributed by atoms with Gasteiger partial charge in [-0.05, 0) is 17.7 Å². The van der Waals surface area contributed by atoms with Crippen molar-refractivity contribution in [1.82, 2.24) is 0 Å². The monoisotopic (exact) mass is 262 g/mol. The van der Waals surface area contributed by atoms with Gasteiger partial charge >= 0.3 is 0 Å². The van der Waals surface area contributed by atoms with Gasteiger partial charge in [0.15, 0.2) is 9.84 Å². The number of benzene rings is 1. The first-order valence-electron chi connectivity index (χ1n) is 4.02. The fourth-order valence-corrected chi connectivity index (χ4v) is 2.69. The Morgan fingerprint density at radius 2 is 2.00 bits per heavy atom. The molecule has 80 valence electrons. The van der Waals surface area contributed by atoms with Crippen LogP contribution >= 0.6 is 23.2 Å². The Morgan fingerprint density at radius 3 is 2.53 bits per heavy atom. The highest BCUT2D eigenvalue weighted by atomic mass is 35.5. The Bertz CT molecular complexity index is 501. The van der Waals surface area contributed by atoms with E-state index in [0.717, 1.165) is 0 Å². The molecule has 5 heteroatoms. The van der Waals surface area contributed by atoms with Crippen molar-refractivity contribution in [2.24, 2.45) is 0 Å². The second-order valence-electron chi connectivity index (χ2n) is 2.97. The lowest BCUT2D eigenvalue weighted by Gasteiger charge is -2.04. The summed E-state index contributed by atoms with van der Waals surface area (Å²) in [6.45, 7) is 0. The van der Waals surface area contributed by atoms with Gasteiger partial charge in [0.1, 0.15) is 5.75 Å². The topological polar surface area (TPSA) is 34.1 Å². The molecule has 0 unspecified atom stereocenters. The molecule has 0 radical (unpaired) electrons. The molecule has 0 atom stereocenters. The second kappa shape index (κ2) is 4.89. The number of terminal acetylenes is 1. The molecule has 15 heavy (non-hydrogen) atoms. The van der Waals surface area contributed by atoms with Crippen LogP contribution in [-0.2, 0) is 15.6 Å². The van der Waals surface area contributed by atoms with Gasteiger partial charge in [-0.1, -0.05) is 35.2 Å². The van der Waals surface area contributed by atoms with Gasteiger partial charge in [0.05, 0.1) is 5.75 Å². The Balaban J connectivity index is 2.96. The van der Waals surface area contributed by atoms with Gasteiger partial charge in [0, 0.05) is 10.0 Å². The zero-order valence-electron chi connectivity index (χ0n) is 7.70. The zero-order valence-corrected chi connectivity index (χ0v) is 10.0. The fourth-order valence-electron chi connectivity index (χ4n) is 1.05. The first kappa shape index (κ1) is 12.4. The highest BCUT2D eigenvalue weighted by Crippen LogP contribution is 2.22. The molecule has 0 N–H and O–H groups in total. The lowest BCUT2D eigenvalue weighted by Crippen LogP contribution is -2.08. The average molecular weight is 263 g/mol. The van der Waals surface area contributed by atoms with Crippen LogP contribution in [0.3, 0.4) is 0 Å². The summed E-state index contributed by atoms with van der Waals surface area (Å²) in [5.74, 6) is 1.66. The molecule has 0 bridgehead atoms. The molecular formula is C10H8Cl2O2S. The zero-order chi connectivity index (χ0) is 11.5. The van der Waals surface area contributed by atoms with Crippen molar-refractivity contribution in [3.05, 3.63) is 33.8 Å². The van der Waals surface area contributed by atoms with Crippen LogP contribution in [0, 0.1) is 12.3 Å². The number of halogens is 2. The molecule has 1 aromatic carbocycles. The summed E-state index contributed by atoms with van der Waals surface area (Å²) in [7, 11) is -3.28. The minimum atomic E-state index is -3.28. The highest BCUT2D eigenvalue weighted by Gasteiger charge is 2.12. The van der Waals surface area contributed by atoms with Crippen molar-refractivity contribution in [2.75, 3.05) is 5.75 Å². The molecule has 0 saturated heterocycles. The van der Waals surface area contributed by atoms with E-state index in [1.807, 2.05) is 0 Å². The molecule has 0 aromatic heterocycles. The smallest absolute Gasteiger partial charge is 0.165 e. The molecule has 0 aliphatic rings. The van der Waals surface area contributed by atoms with Crippen LogP contribution in [0.25, 0.3) is 0 Å². The van der Waals surface area contributed by atoms with Gasteiger partial charge in [0.25, 0.3) is 0 Å². The van der Waals surface area contributed by atoms with Gasteiger partial charge in [-0.3, -0.25) is 0 Å². The number of hydrogen-bond acceptors (Lipinski definition) is 2. The molecule has 0 heterocycles. The van der Waals surface area contributed by atoms with E-state index >= 15 is 0 Å². The second-order valence-corrected chi connectivity index (χ2v) is 5.88. The minimum Gasteiger partial charge on any atom is -0.227 e. The Morgan fingerprint density at radius 1 is 1.33 bits per heavy atom. The van der Waals surface area contributed by atoms with E-state index in [1.165, 1.54) is 6.07 Å². The summed E-state index contributed by atoms with van der Waals surface area (Å²) < 4.78 is 22.8. The fraction of sp³-hybridized carbons (Fsp3) is 0.200. The third-order valence-electron chi connectivity index (χ3n) is 1.69. The van der Waals surface area contributed by atoms with Crippen molar-refractivity contribution in [3.63, 3.8) is 0 Å². The van der Waals surface area contributed by atoms with Gasteiger partial charge < -0.3 is 0 Å². The summed E-state index contributed by atoms with van der Waals surface area (Å²) >= 11 is 11.5. The van der Waals surface area contributed by atoms with E-state index in [1.54, 1.807) is 12.1 Å². The molecule has 1 rings (SSSR count). The van der Waals surface area contributed by atoms with Crippen LogP contribution in [0.15, 0.2) is 18.2 Å². The first-order chi connectivity index (χ1) is 6.94. The first-order valence-corrected chi connectivity index (χ1v) is 6.60. The predicted molar refractivity (Wildman–Crippen MR) is 62.8 cm³/mol. The molecule has 0 aliphatic heterocycles. The van der Waals surface area contributed by atoms with Crippen LogP contribution in [0.1, 0.15) is 5.56 Å². The third kappa shape index (κ3) is 3.75. The Hall–Kier alpha value is -0.690. The summed E-state index contributed by atoms with van der Waals surface area (Å²) in [6.07, 6.45) is 4.95. The maximum absolute atomic E-state index is 11.4. The van der Waals surface area contributed by atoms with Crippen molar-refractivity contribution >= 4 is 33.0 Å². The van der Waals surface area contributed by atoms with E-state index in [-0.39, 0.29) is 11.5 Å². The Kier molecular flexibility index (Phi) is 4.04. The number of sulfone groups is 1. The summed E-state index contributed by atoms with van der Waals surface area (Å²) in [5, 5.41) is 0.807. The normalized spacial score (nSPS) is 11.0. The van der Waals surface area contributed by atoms with E-state index in [0.29, 0.717) is 15.6 Å². The number of rotatable bonds is 3. The maximum Gasteiger partial charge on any atom is 0.165 e. The SMILES string of the molecule is C#CCS(=O)(=O)Cc1ccc(Cl)cc1Cl. The minimum absolute atomic E-state index is 0.160. The largest absolute Gasteiger partial charge is 0.227 e. The van der Waals surface area contributed by atoms with E-state index < -0.39 is 9.84 Å². The molecule has 2 nitrogen and oxygen atoms in total. The quantitative estimate of drug-likeness (QED) is 0.785. The van der Waals surface area contributed by atoms with Gasteiger partial charge in [-0.25, -0.2) is 8.42 Å². The lowest BCUT2D eigenvalue weighted by atomic mass is 10.2. The van der Waals surface area contributed by atoms with Gasteiger partial charge in [-0.15, -0.1) is 6.42 Å².